The second-order valence-corrected chi connectivity index (χ2v) is 5.31. The molecule has 18 heavy (non-hydrogen) atoms. The van der Waals surface area contributed by atoms with Crippen molar-refractivity contribution in [2.45, 2.75) is 32.4 Å². The van der Waals surface area contributed by atoms with Crippen LogP contribution in [0.15, 0.2) is 24.3 Å². The third kappa shape index (κ3) is 2.08. The molecule has 2 rings (SSSR count). The van der Waals surface area contributed by atoms with Gasteiger partial charge in [-0.05, 0) is 32.4 Å². The Morgan fingerprint density at radius 2 is 2.06 bits per heavy atom. The number of carbonyl (C=O) groups is 1. The van der Waals surface area contributed by atoms with Gasteiger partial charge in [0.05, 0.1) is 0 Å². The largest absolute Gasteiger partial charge is 0.355 e. The van der Waals surface area contributed by atoms with Crippen LogP contribution >= 0.6 is 0 Å². The summed E-state index contributed by atoms with van der Waals surface area (Å²) in [6.07, 6.45) is 0. The van der Waals surface area contributed by atoms with Gasteiger partial charge in [0.2, 0.25) is 5.91 Å². The average Bonchev–Trinajstić information content (AvgIpc) is 2.32. The maximum Gasteiger partial charge on any atom is 0.245 e. The third-order valence-electron chi connectivity index (χ3n) is 3.57. The number of anilines is 1. The molecular weight excluding hydrogens is 226 g/mol. The average molecular weight is 247 g/mol. The fourth-order valence-electron chi connectivity index (χ4n) is 2.44. The summed E-state index contributed by atoms with van der Waals surface area (Å²) in [5, 5.41) is 2.91. The lowest BCUT2D eigenvalue weighted by Gasteiger charge is -2.44. The number of para-hydroxylation sites is 1. The first-order valence-corrected chi connectivity index (χ1v) is 6.35. The molecule has 3 N–H and O–H groups in total. The summed E-state index contributed by atoms with van der Waals surface area (Å²) < 4.78 is 0. The zero-order chi connectivity index (χ0) is 13.3. The minimum atomic E-state index is -0.538. The van der Waals surface area contributed by atoms with Gasteiger partial charge in [-0.15, -0.1) is 0 Å². The second-order valence-electron chi connectivity index (χ2n) is 5.31. The SMILES string of the molecule is C[C@@H](N)c1ccccc1N1CCNC(=O)C1(C)C. The monoisotopic (exact) mass is 247 g/mol. The highest BCUT2D eigenvalue weighted by Crippen LogP contribution is 2.31. The van der Waals surface area contributed by atoms with Crippen molar-refractivity contribution in [1.82, 2.24) is 5.32 Å². The number of carbonyl (C=O) groups excluding carboxylic acids is 1. The van der Waals surface area contributed by atoms with Crippen LogP contribution in [0.3, 0.4) is 0 Å². The highest BCUT2D eigenvalue weighted by Gasteiger charge is 2.38. The van der Waals surface area contributed by atoms with E-state index < -0.39 is 5.54 Å². The number of benzene rings is 1. The van der Waals surface area contributed by atoms with E-state index in [2.05, 4.69) is 10.2 Å². The summed E-state index contributed by atoms with van der Waals surface area (Å²) in [5.41, 5.74) is 7.62. The normalized spacial score (nSPS) is 20.4. The van der Waals surface area contributed by atoms with Crippen molar-refractivity contribution >= 4 is 11.6 Å². The summed E-state index contributed by atoms with van der Waals surface area (Å²) in [5.74, 6) is 0.0632. The second kappa shape index (κ2) is 4.61. The molecule has 0 aromatic heterocycles. The molecule has 0 bridgehead atoms. The number of nitrogens with one attached hydrogen (secondary N) is 1. The predicted octanol–water partition coefficient (Wildman–Crippen LogP) is 1.42. The molecule has 1 fully saturated rings. The van der Waals surface area contributed by atoms with Crippen LogP contribution in [0.25, 0.3) is 0 Å². The first-order valence-electron chi connectivity index (χ1n) is 6.35. The molecule has 1 atom stereocenters. The molecule has 1 aliphatic heterocycles. The molecule has 1 aromatic carbocycles. The number of nitrogens with two attached hydrogens (primary N) is 1. The molecule has 1 heterocycles. The maximum absolute atomic E-state index is 12.0. The van der Waals surface area contributed by atoms with E-state index in [0.29, 0.717) is 6.54 Å². The van der Waals surface area contributed by atoms with Crippen LogP contribution in [-0.2, 0) is 4.79 Å². The highest BCUT2D eigenvalue weighted by molar-refractivity contribution is 5.90. The summed E-state index contributed by atoms with van der Waals surface area (Å²) in [6.45, 7) is 7.34. The topological polar surface area (TPSA) is 58.4 Å². The Bertz CT molecular complexity index is 454. The van der Waals surface area contributed by atoms with E-state index in [1.807, 2.05) is 45.0 Å². The minimum Gasteiger partial charge on any atom is -0.355 e. The Hall–Kier alpha value is -1.55. The van der Waals surface area contributed by atoms with Crippen LogP contribution in [0.1, 0.15) is 32.4 Å². The van der Waals surface area contributed by atoms with Crippen LogP contribution in [-0.4, -0.2) is 24.5 Å². The lowest BCUT2D eigenvalue weighted by atomic mass is 9.95. The van der Waals surface area contributed by atoms with Gasteiger partial charge in [-0.3, -0.25) is 4.79 Å². The molecular formula is C14H21N3O. The Balaban J connectivity index is 2.45. The van der Waals surface area contributed by atoms with E-state index >= 15 is 0 Å². The molecule has 0 unspecified atom stereocenters. The number of piperazine rings is 1. The fourth-order valence-corrected chi connectivity index (χ4v) is 2.44. The van der Waals surface area contributed by atoms with Crippen molar-refractivity contribution < 1.29 is 4.79 Å². The Labute approximate surface area is 108 Å². The zero-order valence-corrected chi connectivity index (χ0v) is 11.2. The standard InChI is InChI=1S/C14H21N3O/c1-10(15)11-6-4-5-7-12(11)17-9-8-16-13(18)14(17,2)3/h4-7,10H,8-9,15H2,1-3H3,(H,16,18)/t10-/m1/s1. The Morgan fingerprint density at radius 1 is 1.39 bits per heavy atom. The van der Waals surface area contributed by atoms with Gasteiger partial charge in [0.25, 0.3) is 0 Å². The van der Waals surface area contributed by atoms with Crippen LogP contribution < -0.4 is 16.0 Å². The minimum absolute atomic E-state index is 0.0398. The molecule has 0 saturated carbocycles. The number of hydrogen-bond donors (Lipinski definition) is 2. The van der Waals surface area contributed by atoms with Gasteiger partial charge in [-0.2, -0.15) is 0 Å². The molecule has 1 saturated heterocycles. The smallest absolute Gasteiger partial charge is 0.245 e. The lowest BCUT2D eigenvalue weighted by molar-refractivity contribution is -0.126. The van der Waals surface area contributed by atoms with E-state index in [1.54, 1.807) is 0 Å². The lowest BCUT2D eigenvalue weighted by Crippen LogP contribution is -2.62. The van der Waals surface area contributed by atoms with Crippen molar-refractivity contribution in [1.29, 1.82) is 0 Å². The summed E-state index contributed by atoms with van der Waals surface area (Å²) in [4.78, 5) is 14.1. The van der Waals surface area contributed by atoms with Crippen LogP contribution in [0, 0.1) is 0 Å². The van der Waals surface area contributed by atoms with Gasteiger partial charge in [0.1, 0.15) is 5.54 Å². The van der Waals surface area contributed by atoms with E-state index in [-0.39, 0.29) is 11.9 Å². The summed E-state index contributed by atoms with van der Waals surface area (Å²) in [6, 6.07) is 8.01. The molecule has 1 amide bonds. The molecule has 1 aromatic rings. The van der Waals surface area contributed by atoms with Gasteiger partial charge in [0.15, 0.2) is 0 Å². The van der Waals surface area contributed by atoms with Gasteiger partial charge >= 0.3 is 0 Å². The Morgan fingerprint density at radius 3 is 2.72 bits per heavy atom. The van der Waals surface area contributed by atoms with Crippen molar-refractivity contribution in [3.05, 3.63) is 29.8 Å². The van der Waals surface area contributed by atoms with Gasteiger partial charge in [-0.25, -0.2) is 0 Å². The molecule has 4 nitrogen and oxygen atoms in total. The van der Waals surface area contributed by atoms with Crippen LogP contribution in [0.4, 0.5) is 5.69 Å². The van der Waals surface area contributed by atoms with Crippen LogP contribution in [0.2, 0.25) is 0 Å². The van der Waals surface area contributed by atoms with Crippen molar-refractivity contribution in [2.75, 3.05) is 18.0 Å². The molecule has 0 spiro atoms. The van der Waals surface area contributed by atoms with E-state index in [9.17, 15) is 4.79 Å². The molecule has 1 aliphatic rings. The zero-order valence-electron chi connectivity index (χ0n) is 11.2. The Kier molecular flexibility index (Phi) is 3.30. The number of nitrogens with zero attached hydrogens (tertiary/aromatic N) is 1. The van der Waals surface area contributed by atoms with E-state index in [4.69, 9.17) is 5.73 Å². The van der Waals surface area contributed by atoms with Gasteiger partial charge < -0.3 is 16.0 Å². The first-order chi connectivity index (χ1) is 8.44. The van der Waals surface area contributed by atoms with Crippen molar-refractivity contribution in [3.8, 4) is 0 Å². The fraction of sp³-hybridized carbons (Fsp3) is 0.500. The highest BCUT2D eigenvalue weighted by atomic mass is 16.2. The van der Waals surface area contributed by atoms with Crippen molar-refractivity contribution in [3.63, 3.8) is 0 Å². The van der Waals surface area contributed by atoms with Crippen LogP contribution in [0.5, 0.6) is 0 Å². The third-order valence-corrected chi connectivity index (χ3v) is 3.57. The number of hydrogen-bond acceptors (Lipinski definition) is 3. The summed E-state index contributed by atoms with van der Waals surface area (Å²) in [7, 11) is 0. The molecule has 0 radical (unpaired) electrons. The maximum atomic E-state index is 12.0. The molecule has 98 valence electrons. The number of amides is 1. The van der Waals surface area contributed by atoms with E-state index in [1.165, 1.54) is 0 Å². The number of rotatable bonds is 2. The van der Waals surface area contributed by atoms with Crippen molar-refractivity contribution in [2.24, 2.45) is 5.73 Å². The summed E-state index contributed by atoms with van der Waals surface area (Å²) >= 11 is 0. The molecule has 0 aliphatic carbocycles. The van der Waals surface area contributed by atoms with Gasteiger partial charge in [-0.1, -0.05) is 18.2 Å². The predicted molar refractivity (Wildman–Crippen MR) is 73.5 cm³/mol. The molecule has 4 heteroatoms. The van der Waals surface area contributed by atoms with Gasteiger partial charge in [0, 0.05) is 24.8 Å². The van der Waals surface area contributed by atoms with E-state index in [0.717, 1.165) is 17.8 Å². The quantitative estimate of drug-likeness (QED) is 0.831. The first kappa shape index (κ1) is 12.9.